The summed E-state index contributed by atoms with van der Waals surface area (Å²) in [7, 11) is 0. The maximum absolute atomic E-state index is 12.0. The highest BCUT2D eigenvalue weighted by Gasteiger charge is 2.13. The van der Waals surface area contributed by atoms with Crippen molar-refractivity contribution in [1.29, 1.82) is 0 Å². The highest BCUT2D eigenvalue weighted by molar-refractivity contribution is 9.12. The summed E-state index contributed by atoms with van der Waals surface area (Å²) in [5.74, 6) is 0.610. The van der Waals surface area contributed by atoms with E-state index in [0.29, 0.717) is 5.75 Å². The fourth-order valence-corrected chi connectivity index (χ4v) is 4.93. The van der Waals surface area contributed by atoms with Crippen LogP contribution in [0.1, 0.15) is 10.4 Å². The first-order valence-corrected chi connectivity index (χ1v) is 8.21. The standard InChI is InChI=1S/C12H8Br2OS2/c13-11-6-9(12(14)17-11)10(15)7-16-8-4-2-1-3-5-8/h1-6H,7H2. The quantitative estimate of drug-likeness (QED) is 0.523. The van der Waals surface area contributed by atoms with Crippen LogP contribution in [0.2, 0.25) is 0 Å². The number of hydrogen-bond donors (Lipinski definition) is 0. The zero-order valence-electron chi connectivity index (χ0n) is 8.65. The predicted octanol–water partition coefficient (Wildman–Crippen LogP) is 5.25. The van der Waals surface area contributed by atoms with Gasteiger partial charge in [0.05, 0.1) is 13.3 Å². The molecule has 88 valence electrons. The summed E-state index contributed by atoms with van der Waals surface area (Å²) in [5.41, 5.74) is 0.755. The maximum Gasteiger partial charge on any atom is 0.175 e. The largest absolute Gasteiger partial charge is 0.293 e. The second-order valence-electron chi connectivity index (χ2n) is 3.26. The fourth-order valence-electron chi connectivity index (χ4n) is 1.27. The molecule has 0 unspecified atom stereocenters. The number of ketones is 1. The Hall–Kier alpha value is -0.100. The molecule has 0 atom stereocenters. The van der Waals surface area contributed by atoms with Gasteiger partial charge in [-0.3, -0.25) is 4.79 Å². The summed E-state index contributed by atoms with van der Waals surface area (Å²) in [5, 5.41) is 0. The second-order valence-corrected chi connectivity index (χ2v) is 8.06. The number of halogens is 2. The van der Waals surface area contributed by atoms with Crippen LogP contribution in [0.15, 0.2) is 48.9 Å². The highest BCUT2D eigenvalue weighted by atomic mass is 79.9. The molecule has 0 aliphatic carbocycles. The van der Waals surface area contributed by atoms with Crippen LogP contribution in [-0.4, -0.2) is 11.5 Å². The van der Waals surface area contributed by atoms with Crippen molar-refractivity contribution in [2.24, 2.45) is 0 Å². The van der Waals surface area contributed by atoms with Crippen molar-refractivity contribution in [3.63, 3.8) is 0 Å². The van der Waals surface area contributed by atoms with Crippen LogP contribution in [0.4, 0.5) is 0 Å². The molecule has 0 amide bonds. The van der Waals surface area contributed by atoms with Crippen LogP contribution < -0.4 is 0 Å². The molecule has 0 saturated heterocycles. The smallest absolute Gasteiger partial charge is 0.175 e. The number of carbonyl (C=O) groups is 1. The first kappa shape index (κ1) is 13.3. The lowest BCUT2D eigenvalue weighted by Crippen LogP contribution is -2.01. The number of Topliss-reactive ketones (excluding diaryl/α,β-unsaturated/α-hetero) is 1. The molecule has 0 radical (unpaired) electrons. The molecule has 0 fully saturated rings. The van der Waals surface area contributed by atoms with Gasteiger partial charge in [-0.1, -0.05) is 18.2 Å². The third-order valence-electron chi connectivity index (χ3n) is 2.07. The summed E-state index contributed by atoms with van der Waals surface area (Å²) in [6.45, 7) is 0. The minimum atomic E-state index is 0.146. The molecule has 5 heteroatoms. The number of rotatable bonds is 4. The van der Waals surface area contributed by atoms with Gasteiger partial charge in [-0.2, -0.15) is 0 Å². The van der Waals surface area contributed by atoms with Crippen molar-refractivity contribution >= 4 is 60.7 Å². The van der Waals surface area contributed by atoms with Crippen molar-refractivity contribution in [2.75, 3.05) is 5.75 Å². The van der Waals surface area contributed by atoms with Crippen LogP contribution >= 0.6 is 55.0 Å². The number of benzene rings is 1. The Bertz CT molecular complexity index is 523. The minimum Gasteiger partial charge on any atom is -0.293 e. The Labute approximate surface area is 125 Å². The van der Waals surface area contributed by atoms with Crippen molar-refractivity contribution < 1.29 is 4.79 Å². The van der Waals surface area contributed by atoms with Crippen molar-refractivity contribution in [1.82, 2.24) is 0 Å². The molecular weight excluding hydrogens is 384 g/mol. The van der Waals surface area contributed by atoms with E-state index >= 15 is 0 Å². The normalized spacial score (nSPS) is 10.5. The summed E-state index contributed by atoms with van der Waals surface area (Å²) >= 11 is 9.86. The van der Waals surface area contributed by atoms with Crippen molar-refractivity contribution in [3.05, 3.63) is 49.5 Å². The van der Waals surface area contributed by atoms with E-state index in [9.17, 15) is 4.79 Å². The van der Waals surface area contributed by atoms with Crippen molar-refractivity contribution in [3.8, 4) is 0 Å². The molecule has 0 N–H and O–H groups in total. The lowest BCUT2D eigenvalue weighted by atomic mass is 10.2. The molecule has 0 spiro atoms. The van der Waals surface area contributed by atoms with E-state index in [1.807, 2.05) is 36.4 Å². The predicted molar refractivity (Wildman–Crippen MR) is 81.2 cm³/mol. The van der Waals surface area contributed by atoms with Gasteiger partial charge < -0.3 is 0 Å². The number of thioether (sulfide) groups is 1. The van der Waals surface area contributed by atoms with E-state index < -0.39 is 0 Å². The monoisotopic (exact) mass is 390 g/mol. The molecule has 0 bridgehead atoms. The molecule has 1 aromatic carbocycles. The van der Waals surface area contributed by atoms with Gasteiger partial charge in [0.25, 0.3) is 0 Å². The lowest BCUT2D eigenvalue weighted by Gasteiger charge is -2.00. The van der Waals surface area contributed by atoms with E-state index in [1.165, 1.54) is 11.3 Å². The molecule has 1 aromatic heterocycles. The summed E-state index contributed by atoms with van der Waals surface area (Å²) < 4.78 is 1.86. The van der Waals surface area contributed by atoms with Gasteiger partial charge >= 0.3 is 0 Å². The third-order valence-corrected chi connectivity index (χ3v) is 5.42. The first-order chi connectivity index (χ1) is 8.16. The summed E-state index contributed by atoms with van der Waals surface area (Å²) in [6, 6.07) is 11.8. The first-order valence-electron chi connectivity index (χ1n) is 4.82. The average Bonchev–Trinajstić information content (AvgIpc) is 2.67. The average molecular weight is 392 g/mol. The van der Waals surface area contributed by atoms with E-state index in [-0.39, 0.29) is 5.78 Å². The van der Waals surface area contributed by atoms with E-state index in [4.69, 9.17) is 0 Å². The molecule has 17 heavy (non-hydrogen) atoms. The van der Waals surface area contributed by atoms with E-state index in [0.717, 1.165) is 18.0 Å². The number of carbonyl (C=O) groups excluding carboxylic acids is 1. The molecule has 0 saturated carbocycles. The summed E-state index contributed by atoms with van der Waals surface area (Å²) in [4.78, 5) is 13.1. The van der Waals surface area contributed by atoms with Gasteiger partial charge in [-0.05, 0) is 50.1 Å². The zero-order chi connectivity index (χ0) is 12.3. The van der Waals surface area contributed by atoms with E-state index in [1.54, 1.807) is 11.8 Å². The molecule has 1 nitrogen and oxygen atoms in total. The number of hydrogen-bond acceptors (Lipinski definition) is 3. The van der Waals surface area contributed by atoms with Gasteiger partial charge in [-0.25, -0.2) is 0 Å². The highest BCUT2D eigenvalue weighted by Crippen LogP contribution is 2.33. The fraction of sp³-hybridized carbons (Fsp3) is 0.0833. The Morgan fingerprint density at radius 3 is 2.53 bits per heavy atom. The summed E-state index contributed by atoms with van der Waals surface area (Å²) in [6.07, 6.45) is 0. The van der Waals surface area contributed by atoms with Gasteiger partial charge in [0.1, 0.15) is 0 Å². The van der Waals surface area contributed by atoms with Gasteiger partial charge in [0, 0.05) is 10.5 Å². The Morgan fingerprint density at radius 2 is 1.94 bits per heavy atom. The van der Waals surface area contributed by atoms with Crippen LogP contribution in [0.25, 0.3) is 0 Å². The topological polar surface area (TPSA) is 17.1 Å². The Kier molecular flexibility index (Phi) is 4.85. The van der Waals surface area contributed by atoms with Crippen LogP contribution in [0.3, 0.4) is 0 Å². The zero-order valence-corrected chi connectivity index (χ0v) is 13.5. The molecule has 1 heterocycles. The van der Waals surface area contributed by atoms with Gasteiger partial charge in [-0.15, -0.1) is 23.1 Å². The second kappa shape index (κ2) is 6.18. The lowest BCUT2D eigenvalue weighted by molar-refractivity contribution is 0.102. The Balaban J connectivity index is 2.01. The van der Waals surface area contributed by atoms with Crippen LogP contribution in [0.5, 0.6) is 0 Å². The molecule has 0 aliphatic heterocycles. The van der Waals surface area contributed by atoms with Gasteiger partial charge in [0.15, 0.2) is 5.78 Å². The third kappa shape index (κ3) is 3.68. The minimum absolute atomic E-state index is 0.146. The van der Waals surface area contributed by atoms with Gasteiger partial charge in [0.2, 0.25) is 0 Å². The molecule has 2 aromatic rings. The molecule has 0 aliphatic rings. The van der Waals surface area contributed by atoms with Crippen LogP contribution in [-0.2, 0) is 0 Å². The van der Waals surface area contributed by atoms with Crippen LogP contribution in [0, 0.1) is 0 Å². The Morgan fingerprint density at radius 1 is 1.24 bits per heavy atom. The molecular formula is C12H8Br2OS2. The maximum atomic E-state index is 12.0. The SMILES string of the molecule is O=C(CSc1ccccc1)c1cc(Br)sc1Br. The van der Waals surface area contributed by atoms with Crippen molar-refractivity contribution in [2.45, 2.75) is 4.90 Å². The number of thiophene rings is 1. The molecule has 2 rings (SSSR count). The van der Waals surface area contributed by atoms with E-state index in [2.05, 4.69) is 31.9 Å².